The first-order valence-electron chi connectivity index (χ1n) is 6.11. The molecule has 0 unspecified atom stereocenters. The van der Waals surface area contributed by atoms with E-state index in [1.165, 1.54) is 25.7 Å². The van der Waals surface area contributed by atoms with Crippen molar-refractivity contribution in [3.8, 4) is 0 Å². The molecular formula is C13H21NO2. The number of hydrogen-bond acceptors (Lipinski definition) is 3. The summed E-state index contributed by atoms with van der Waals surface area (Å²) in [6.07, 6.45) is 5.40. The van der Waals surface area contributed by atoms with E-state index in [9.17, 15) is 0 Å². The van der Waals surface area contributed by atoms with E-state index in [-0.39, 0.29) is 6.61 Å². The van der Waals surface area contributed by atoms with Gasteiger partial charge >= 0.3 is 0 Å². The van der Waals surface area contributed by atoms with Crippen LogP contribution < -0.4 is 5.32 Å². The van der Waals surface area contributed by atoms with Crippen LogP contribution in [0.4, 0.5) is 0 Å². The molecule has 1 saturated carbocycles. The van der Waals surface area contributed by atoms with Crippen molar-refractivity contribution in [2.45, 2.75) is 45.8 Å². The molecule has 3 nitrogen and oxygen atoms in total. The van der Waals surface area contributed by atoms with Crippen LogP contribution in [0.3, 0.4) is 0 Å². The van der Waals surface area contributed by atoms with Crippen molar-refractivity contribution in [1.29, 1.82) is 0 Å². The van der Waals surface area contributed by atoms with Gasteiger partial charge in [-0.2, -0.15) is 0 Å². The summed E-state index contributed by atoms with van der Waals surface area (Å²) in [7, 11) is 0. The molecule has 0 bridgehead atoms. The monoisotopic (exact) mass is 223 g/mol. The Bertz CT molecular complexity index is 326. The predicted molar refractivity (Wildman–Crippen MR) is 62.9 cm³/mol. The fourth-order valence-electron chi connectivity index (χ4n) is 2.50. The van der Waals surface area contributed by atoms with Gasteiger partial charge in [-0.15, -0.1) is 0 Å². The average Bonchev–Trinajstić information content (AvgIpc) is 2.88. The predicted octanol–water partition coefficient (Wildman–Crippen LogP) is 2.44. The first-order valence-corrected chi connectivity index (χ1v) is 6.11. The Morgan fingerprint density at radius 3 is 2.62 bits per heavy atom. The van der Waals surface area contributed by atoms with Gasteiger partial charge in [0.05, 0.1) is 6.54 Å². The van der Waals surface area contributed by atoms with Crippen LogP contribution in [0.25, 0.3) is 0 Å². The first kappa shape index (κ1) is 11.7. The largest absolute Gasteiger partial charge is 0.462 e. The highest BCUT2D eigenvalue weighted by Gasteiger charge is 2.27. The van der Waals surface area contributed by atoms with Crippen molar-refractivity contribution < 1.29 is 9.52 Å². The van der Waals surface area contributed by atoms with Gasteiger partial charge in [0, 0.05) is 6.54 Å². The van der Waals surface area contributed by atoms with Crippen LogP contribution in [-0.4, -0.2) is 11.7 Å². The zero-order valence-corrected chi connectivity index (χ0v) is 9.96. The Morgan fingerprint density at radius 2 is 2.00 bits per heavy atom. The van der Waals surface area contributed by atoms with Gasteiger partial charge in [0.2, 0.25) is 0 Å². The number of rotatable bonds is 5. The van der Waals surface area contributed by atoms with Gasteiger partial charge in [0.1, 0.15) is 18.1 Å². The summed E-state index contributed by atoms with van der Waals surface area (Å²) >= 11 is 0. The van der Waals surface area contributed by atoms with Gasteiger partial charge in [0.25, 0.3) is 0 Å². The van der Waals surface area contributed by atoms with E-state index >= 15 is 0 Å². The summed E-state index contributed by atoms with van der Waals surface area (Å²) in [6.45, 7) is 4.16. The number of furan rings is 1. The topological polar surface area (TPSA) is 45.4 Å². The fourth-order valence-corrected chi connectivity index (χ4v) is 2.50. The first-order chi connectivity index (χ1) is 7.72. The van der Waals surface area contributed by atoms with E-state index in [2.05, 4.69) is 12.2 Å². The summed E-state index contributed by atoms with van der Waals surface area (Å²) < 4.78 is 5.42. The second-order valence-electron chi connectivity index (χ2n) is 5.15. The van der Waals surface area contributed by atoms with E-state index in [0.717, 1.165) is 18.8 Å². The van der Waals surface area contributed by atoms with Gasteiger partial charge in [-0.1, -0.05) is 19.8 Å². The molecule has 0 saturated heterocycles. The second-order valence-corrected chi connectivity index (χ2v) is 5.15. The molecule has 0 atom stereocenters. The minimum absolute atomic E-state index is 0.0162. The van der Waals surface area contributed by atoms with E-state index in [1.807, 2.05) is 12.1 Å². The van der Waals surface area contributed by atoms with Crippen molar-refractivity contribution in [3.63, 3.8) is 0 Å². The molecule has 1 heterocycles. The molecule has 16 heavy (non-hydrogen) atoms. The Labute approximate surface area is 96.8 Å². The molecule has 0 aromatic carbocycles. The van der Waals surface area contributed by atoms with Gasteiger partial charge in [-0.05, 0) is 30.4 Å². The van der Waals surface area contributed by atoms with Crippen LogP contribution in [0.2, 0.25) is 0 Å². The number of aliphatic hydroxyl groups is 1. The van der Waals surface area contributed by atoms with E-state index in [4.69, 9.17) is 9.52 Å². The van der Waals surface area contributed by atoms with E-state index < -0.39 is 0 Å². The van der Waals surface area contributed by atoms with Crippen LogP contribution in [-0.2, 0) is 13.2 Å². The summed E-state index contributed by atoms with van der Waals surface area (Å²) in [5, 5.41) is 12.3. The van der Waals surface area contributed by atoms with Crippen LogP contribution in [0.5, 0.6) is 0 Å². The lowest BCUT2D eigenvalue weighted by atomic mass is 9.89. The molecule has 2 rings (SSSR count). The maximum atomic E-state index is 8.88. The van der Waals surface area contributed by atoms with Crippen LogP contribution in [0, 0.1) is 5.41 Å². The molecule has 90 valence electrons. The Hall–Kier alpha value is -0.800. The Kier molecular flexibility index (Phi) is 3.66. The molecule has 1 aliphatic rings. The lowest BCUT2D eigenvalue weighted by Gasteiger charge is -2.23. The quantitative estimate of drug-likeness (QED) is 0.806. The smallest absolute Gasteiger partial charge is 0.129 e. The molecule has 1 aromatic heterocycles. The summed E-state index contributed by atoms with van der Waals surface area (Å²) in [5.74, 6) is 1.55. The SMILES string of the molecule is CC1(CNCc2ccc(CO)o2)CCCC1. The van der Waals surface area contributed by atoms with Gasteiger partial charge in [0.15, 0.2) is 0 Å². The highest BCUT2D eigenvalue weighted by atomic mass is 16.4. The van der Waals surface area contributed by atoms with Gasteiger partial charge in [-0.25, -0.2) is 0 Å². The molecular weight excluding hydrogens is 202 g/mol. The standard InChI is InChI=1S/C13H21NO2/c1-13(6-2-3-7-13)10-14-8-11-4-5-12(9-15)16-11/h4-5,14-15H,2-3,6-10H2,1H3. The number of aliphatic hydroxyl groups excluding tert-OH is 1. The molecule has 0 amide bonds. The second kappa shape index (κ2) is 5.02. The lowest BCUT2D eigenvalue weighted by Crippen LogP contribution is -2.28. The third-order valence-corrected chi connectivity index (χ3v) is 3.53. The molecule has 1 fully saturated rings. The van der Waals surface area contributed by atoms with Crippen LogP contribution in [0.15, 0.2) is 16.5 Å². The number of nitrogens with one attached hydrogen (secondary N) is 1. The third kappa shape index (κ3) is 2.86. The van der Waals surface area contributed by atoms with Crippen molar-refractivity contribution in [3.05, 3.63) is 23.7 Å². The molecule has 1 aliphatic carbocycles. The molecule has 3 heteroatoms. The van der Waals surface area contributed by atoms with Crippen LogP contribution >= 0.6 is 0 Å². The third-order valence-electron chi connectivity index (χ3n) is 3.53. The zero-order valence-electron chi connectivity index (χ0n) is 9.96. The minimum Gasteiger partial charge on any atom is -0.462 e. The summed E-state index contributed by atoms with van der Waals surface area (Å²) in [5.41, 5.74) is 0.479. The maximum absolute atomic E-state index is 8.88. The number of hydrogen-bond donors (Lipinski definition) is 2. The summed E-state index contributed by atoms with van der Waals surface area (Å²) in [4.78, 5) is 0. The van der Waals surface area contributed by atoms with Gasteiger partial charge < -0.3 is 14.8 Å². The highest BCUT2D eigenvalue weighted by Crippen LogP contribution is 2.36. The normalized spacial score (nSPS) is 19.1. The molecule has 2 N–H and O–H groups in total. The van der Waals surface area contributed by atoms with Crippen molar-refractivity contribution in [2.75, 3.05) is 6.54 Å². The Morgan fingerprint density at radius 1 is 1.31 bits per heavy atom. The lowest BCUT2D eigenvalue weighted by molar-refractivity contribution is 0.241. The van der Waals surface area contributed by atoms with Crippen molar-refractivity contribution >= 4 is 0 Å². The molecule has 0 spiro atoms. The minimum atomic E-state index is -0.0162. The fraction of sp³-hybridized carbons (Fsp3) is 0.692. The van der Waals surface area contributed by atoms with E-state index in [1.54, 1.807) is 0 Å². The maximum Gasteiger partial charge on any atom is 0.129 e. The molecule has 1 aromatic rings. The highest BCUT2D eigenvalue weighted by molar-refractivity contribution is 5.06. The zero-order chi connectivity index (χ0) is 11.4. The van der Waals surface area contributed by atoms with Gasteiger partial charge in [-0.3, -0.25) is 0 Å². The Balaban J connectivity index is 1.75. The van der Waals surface area contributed by atoms with E-state index in [0.29, 0.717) is 11.2 Å². The average molecular weight is 223 g/mol. The molecule has 0 radical (unpaired) electrons. The van der Waals surface area contributed by atoms with Crippen molar-refractivity contribution in [1.82, 2.24) is 5.32 Å². The van der Waals surface area contributed by atoms with Crippen molar-refractivity contribution in [2.24, 2.45) is 5.41 Å². The molecule has 0 aliphatic heterocycles. The summed E-state index contributed by atoms with van der Waals surface area (Å²) in [6, 6.07) is 3.75. The van der Waals surface area contributed by atoms with Crippen LogP contribution in [0.1, 0.15) is 44.1 Å².